The minimum atomic E-state index is -0.551. The number of hydrogen-bond acceptors (Lipinski definition) is 4. The van der Waals surface area contributed by atoms with E-state index < -0.39 is 6.10 Å². The molecule has 0 amide bonds. The smallest absolute Gasteiger partial charge is 0.126 e. The lowest BCUT2D eigenvalue weighted by molar-refractivity contribution is -0.0158. The van der Waals surface area contributed by atoms with E-state index in [1.54, 1.807) is 6.07 Å². The Kier molecular flexibility index (Phi) is 6.56. The Morgan fingerprint density at radius 3 is 2.64 bits per heavy atom. The fourth-order valence-corrected chi connectivity index (χ4v) is 3.32. The van der Waals surface area contributed by atoms with Gasteiger partial charge in [0.25, 0.3) is 0 Å². The molecule has 25 heavy (non-hydrogen) atoms. The summed E-state index contributed by atoms with van der Waals surface area (Å²) in [6, 6.07) is 17.0. The van der Waals surface area contributed by atoms with Crippen LogP contribution in [0.4, 0.5) is 0 Å². The van der Waals surface area contributed by atoms with Crippen molar-refractivity contribution in [2.75, 3.05) is 13.2 Å². The van der Waals surface area contributed by atoms with Gasteiger partial charge in [-0.3, -0.25) is 0 Å². The third-order valence-electron chi connectivity index (χ3n) is 4.40. The van der Waals surface area contributed by atoms with E-state index >= 15 is 0 Å². The first kappa shape index (κ1) is 18.1. The van der Waals surface area contributed by atoms with Crippen LogP contribution >= 0.6 is 11.6 Å². The highest BCUT2D eigenvalue weighted by Gasteiger charge is 2.33. The van der Waals surface area contributed by atoms with Crippen LogP contribution in [0.2, 0.25) is 5.02 Å². The summed E-state index contributed by atoms with van der Waals surface area (Å²) in [5, 5.41) is 14.6. The van der Waals surface area contributed by atoms with E-state index in [0.29, 0.717) is 23.9 Å². The van der Waals surface area contributed by atoms with Crippen LogP contribution in [0.3, 0.4) is 0 Å². The average Bonchev–Trinajstić information content (AvgIpc) is 2.62. The Bertz CT molecular complexity index is 652. The maximum Gasteiger partial charge on any atom is 0.126 e. The zero-order chi connectivity index (χ0) is 17.5. The fourth-order valence-electron chi connectivity index (χ4n) is 3.14. The van der Waals surface area contributed by atoms with E-state index in [9.17, 15) is 5.11 Å². The van der Waals surface area contributed by atoms with Crippen LogP contribution in [0.1, 0.15) is 19.3 Å². The molecule has 1 aliphatic carbocycles. The monoisotopic (exact) mass is 361 g/mol. The number of aliphatic hydroxyl groups is 1. The molecule has 0 unspecified atom stereocenters. The normalized spacial score (nSPS) is 23.2. The largest absolute Gasteiger partial charge is 0.492 e. The molecule has 0 bridgehead atoms. The van der Waals surface area contributed by atoms with Crippen LogP contribution in [0.25, 0.3) is 0 Å². The summed E-state index contributed by atoms with van der Waals surface area (Å²) < 4.78 is 11.6. The highest BCUT2D eigenvalue weighted by molar-refractivity contribution is 6.30. The van der Waals surface area contributed by atoms with Crippen LogP contribution in [0.5, 0.6) is 11.5 Å². The van der Waals surface area contributed by atoms with Gasteiger partial charge in [0, 0.05) is 17.6 Å². The highest BCUT2D eigenvalue weighted by Crippen LogP contribution is 2.26. The first-order valence-electron chi connectivity index (χ1n) is 8.74. The van der Waals surface area contributed by atoms with E-state index in [-0.39, 0.29) is 12.1 Å². The average molecular weight is 362 g/mol. The van der Waals surface area contributed by atoms with Crippen molar-refractivity contribution in [2.24, 2.45) is 0 Å². The SMILES string of the molecule is O[C@@H]1[C@@H](NCCOc2ccccc2)CCC[C@H]1Oc1cccc(Cl)c1. The quantitative estimate of drug-likeness (QED) is 0.739. The Hall–Kier alpha value is -1.75. The van der Waals surface area contributed by atoms with Gasteiger partial charge in [-0.05, 0) is 49.6 Å². The molecule has 3 atom stereocenters. The van der Waals surface area contributed by atoms with Gasteiger partial charge in [-0.2, -0.15) is 0 Å². The third-order valence-corrected chi connectivity index (χ3v) is 4.64. The Balaban J connectivity index is 1.45. The molecule has 2 N–H and O–H groups in total. The maximum absolute atomic E-state index is 10.6. The molecule has 1 fully saturated rings. The standard InChI is InChI=1S/C20H24ClNO3/c21-15-6-4-9-17(14-15)25-19-11-5-10-18(20(19)23)22-12-13-24-16-7-2-1-3-8-16/h1-4,6-9,14,18-20,22-23H,5,10-13H2/t18-,19+,20+/m0/s1. The lowest BCUT2D eigenvalue weighted by atomic mass is 9.90. The number of hydrogen-bond donors (Lipinski definition) is 2. The fraction of sp³-hybridized carbons (Fsp3) is 0.400. The molecule has 0 aromatic heterocycles. The van der Waals surface area contributed by atoms with Crippen molar-refractivity contribution >= 4 is 11.6 Å². The van der Waals surface area contributed by atoms with Gasteiger partial charge in [0.2, 0.25) is 0 Å². The second kappa shape index (κ2) is 9.09. The van der Waals surface area contributed by atoms with Crippen molar-refractivity contribution in [1.29, 1.82) is 0 Å². The van der Waals surface area contributed by atoms with E-state index in [1.807, 2.05) is 48.5 Å². The van der Waals surface area contributed by atoms with E-state index in [1.165, 1.54) is 0 Å². The predicted molar refractivity (Wildman–Crippen MR) is 99.5 cm³/mol. The van der Waals surface area contributed by atoms with Gasteiger partial charge in [-0.25, -0.2) is 0 Å². The summed E-state index contributed by atoms with van der Waals surface area (Å²) in [5.74, 6) is 1.56. The maximum atomic E-state index is 10.6. The lowest BCUT2D eigenvalue weighted by Crippen LogP contribution is -2.51. The second-order valence-electron chi connectivity index (χ2n) is 6.26. The molecule has 2 aromatic carbocycles. The summed E-state index contributed by atoms with van der Waals surface area (Å²) in [4.78, 5) is 0. The molecule has 0 radical (unpaired) electrons. The molecule has 1 saturated carbocycles. The van der Waals surface area contributed by atoms with Crippen molar-refractivity contribution in [3.63, 3.8) is 0 Å². The molecule has 0 aliphatic heterocycles. The minimum Gasteiger partial charge on any atom is -0.492 e. The topological polar surface area (TPSA) is 50.7 Å². The van der Waals surface area contributed by atoms with Gasteiger partial charge in [0.15, 0.2) is 0 Å². The van der Waals surface area contributed by atoms with Crippen LogP contribution < -0.4 is 14.8 Å². The van der Waals surface area contributed by atoms with Crippen LogP contribution in [-0.2, 0) is 0 Å². The molecule has 0 heterocycles. The zero-order valence-corrected chi connectivity index (χ0v) is 14.9. The molecule has 0 spiro atoms. The number of aliphatic hydroxyl groups excluding tert-OH is 1. The van der Waals surface area contributed by atoms with Crippen LogP contribution in [0, 0.1) is 0 Å². The minimum absolute atomic E-state index is 0.0114. The zero-order valence-electron chi connectivity index (χ0n) is 14.1. The number of halogens is 1. The summed E-state index contributed by atoms with van der Waals surface area (Å²) in [5.41, 5.74) is 0. The Morgan fingerprint density at radius 1 is 1.04 bits per heavy atom. The molecule has 1 aliphatic rings. The number of benzene rings is 2. The lowest BCUT2D eigenvalue weighted by Gasteiger charge is -2.35. The molecule has 2 aromatic rings. The number of nitrogens with one attached hydrogen (secondary N) is 1. The Labute approximate surface area is 153 Å². The first-order valence-corrected chi connectivity index (χ1v) is 9.12. The molecular weight excluding hydrogens is 338 g/mol. The molecule has 3 rings (SSSR count). The predicted octanol–water partition coefficient (Wildman–Crippen LogP) is 3.67. The third kappa shape index (κ3) is 5.36. The van der Waals surface area contributed by atoms with Crippen molar-refractivity contribution in [2.45, 2.75) is 37.5 Å². The van der Waals surface area contributed by atoms with E-state index in [0.717, 1.165) is 25.0 Å². The van der Waals surface area contributed by atoms with Gasteiger partial charge in [0.1, 0.15) is 30.3 Å². The van der Waals surface area contributed by atoms with Gasteiger partial charge in [0.05, 0.1) is 0 Å². The molecule has 5 heteroatoms. The summed E-state index contributed by atoms with van der Waals surface area (Å²) >= 11 is 5.99. The summed E-state index contributed by atoms with van der Waals surface area (Å²) in [7, 11) is 0. The molecule has 134 valence electrons. The number of ether oxygens (including phenoxy) is 2. The van der Waals surface area contributed by atoms with Gasteiger partial charge < -0.3 is 19.9 Å². The Morgan fingerprint density at radius 2 is 1.84 bits per heavy atom. The molecular formula is C20H24ClNO3. The van der Waals surface area contributed by atoms with Crippen molar-refractivity contribution < 1.29 is 14.6 Å². The van der Waals surface area contributed by atoms with E-state index in [2.05, 4.69) is 5.32 Å². The molecule has 0 saturated heterocycles. The van der Waals surface area contributed by atoms with Gasteiger partial charge in [-0.15, -0.1) is 0 Å². The first-order chi connectivity index (χ1) is 12.2. The second-order valence-corrected chi connectivity index (χ2v) is 6.69. The van der Waals surface area contributed by atoms with E-state index in [4.69, 9.17) is 21.1 Å². The highest BCUT2D eigenvalue weighted by atomic mass is 35.5. The number of para-hydroxylation sites is 1. The van der Waals surface area contributed by atoms with Crippen molar-refractivity contribution in [1.82, 2.24) is 5.32 Å². The van der Waals surface area contributed by atoms with Crippen LogP contribution in [-0.4, -0.2) is 36.5 Å². The van der Waals surface area contributed by atoms with Crippen molar-refractivity contribution in [3.8, 4) is 11.5 Å². The van der Waals surface area contributed by atoms with Gasteiger partial charge in [-0.1, -0.05) is 35.9 Å². The van der Waals surface area contributed by atoms with Crippen LogP contribution in [0.15, 0.2) is 54.6 Å². The molecule has 4 nitrogen and oxygen atoms in total. The van der Waals surface area contributed by atoms with Crippen molar-refractivity contribution in [3.05, 3.63) is 59.6 Å². The number of rotatable bonds is 7. The summed E-state index contributed by atoms with van der Waals surface area (Å²) in [6.07, 6.45) is 2.01. The van der Waals surface area contributed by atoms with Gasteiger partial charge >= 0.3 is 0 Å². The summed E-state index contributed by atoms with van der Waals surface area (Å²) in [6.45, 7) is 1.24.